The highest BCUT2D eigenvalue weighted by molar-refractivity contribution is 6.11. The van der Waals surface area contributed by atoms with E-state index in [1.165, 1.54) is 0 Å². The first kappa shape index (κ1) is 24.1. The monoisotopic (exact) mass is 487 g/mol. The lowest BCUT2D eigenvalue weighted by molar-refractivity contribution is -0.206. The lowest BCUT2D eigenvalue weighted by Crippen LogP contribution is -2.39. The van der Waals surface area contributed by atoms with Gasteiger partial charge in [0.05, 0.1) is 0 Å². The van der Waals surface area contributed by atoms with Crippen molar-refractivity contribution in [3.05, 3.63) is 83.4 Å². The summed E-state index contributed by atoms with van der Waals surface area (Å²) in [6.45, 7) is -0.917. The van der Waals surface area contributed by atoms with Crippen LogP contribution < -0.4 is 11.4 Å². The van der Waals surface area contributed by atoms with E-state index in [-0.39, 0.29) is 11.4 Å². The molecule has 11 nitrogen and oxygen atoms in total. The molecule has 3 aromatic carbocycles. The quantitative estimate of drug-likeness (QED) is 0.0957. The van der Waals surface area contributed by atoms with E-state index in [1.807, 2.05) is 42.5 Å². The van der Waals surface area contributed by atoms with Crippen molar-refractivity contribution in [2.75, 3.05) is 13.1 Å². The normalized spacial score (nSPS) is 11.5. The van der Waals surface area contributed by atoms with Gasteiger partial charge in [0.15, 0.2) is 0 Å². The summed E-state index contributed by atoms with van der Waals surface area (Å²) in [6.07, 6.45) is 0. The van der Waals surface area contributed by atoms with E-state index in [4.69, 9.17) is 21.6 Å². The number of aromatic nitrogens is 1. The van der Waals surface area contributed by atoms with E-state index in [0.29, 0.717) is 12.1 Å². The Hall–Kier alpha value is -5.06. The molecule has 0 saturated carbocycles. The average molecular weight is 487 g/mol. The molecule has 6 N–H and O–H groups in total. The molecule has 1 aromatic heterocycles. The van der Waals surface area contributed by atoms with Crippen molar-refractivity contribution in [1.82, 2.24) is 9.47 Å². The van der Waals surface area contributed by atoms with Crippen LogP contribution in [0.4, 0.5) is 0 Å². The molecule has 0 aliphatic rings. The Balaban J connectivity index is 1.68. The first-order chi connectivity index (χ1) is 17.3. The SMILES string of the molecule is N/N=C(\N=[NH2+])c1ccc2c(c1)c1ccccc1n2Cc1ccc(C(=O)N(CC(=O)O)CC(=O)O)cc1. The maximum Gasteiger partial charge on any atom is 0.323 e. The van der Waals surface area contributed by atoms with Crippen molar-refractivity contribution in [3.8, 4) is 0 Å². The zero-order chi connectivity index (χ0) is 25.8. The Bertz CT molecular complexity index is 1510. The number of hydrogen-bond acceptors (Lipinski definition) is 5. The van der Waals surface area contributed by atoms with Gasteiger partial charge in [-0.05, 0) is 42.0 Å². The molecule has 0 saturated heterocycles. The third kappa shape index (κ3) is 4.75. The van der Waals surface area contributed by atoms with Gasteiger partial charge < -0.3 is 25.5 Å². The van der Waals surface area contributed by atoms with Gasteiger partial charge >= 0.3 is 11.9 Å². The molecule has 0 bridgehead atoms. The second kappa shape index (κ2) is 10.1. The third-order valence-electron chi connectivity index (χ3n) is 5.76. The second-order valence-electron chi connectivity index (χ2n) is 8.06. The molecule has 0 atom stereocenters. The van der Waals surface area contributed by atoms with Crippen LogP contribution in [0.15, 0.2) is 76.9 Å². The van der Waals surface area contributed by atoms with E-state index in [2.05, 4.69) is 14.8 Å². The molecular weight excluding hydrogens is 464 g/mol. The molecule has 0 unspecified atom stereocenters. The van der Waals surface area contributed by atoms with Crippen LogP contribution in [0, 0.1) is 0 Å². The number of carboxylic acid groups (broad SMARTS) is 2. The maximum atomic E-state index is 12.7. The summed E-state index contributed by atoms with van der Waals surface area (Å²) < 4.78 is 2.13. The van der Waals surface area contributed by atoms with Crippen LogP contribution in [-0.4, -0.2) is 56.5 Å². The number of para-hydroxylation sites is 1. The Morgan fingerprint density at radius 2 is 1.47 bits per heavy atom. The highest BCUT2D eigenvalue weighted by Gasteiger charge is 2.21. The minimum Gasteiger partial charge on any atom is -0.480 e. The topological polar surface area (TPSA) is 176 Å². The number of amides is 1. The first-order valence-electron chi connectivity index (χ1n) is 10.8. The predicted octanol–water partition coefficient (Wildman–Crippen LogP) is 1.29. The van der Waals surface area contributed by atoms with Crippen molar-refractivity contribution >= 4 is 45.5 Å². The van der Waals surface area contributed by atoms with Crippen molar-refractivity contribution in [3.63, 3.8) is 0 Å². The molecule has 1 amide bonds. The zero-order valence-corrected chi connectivity index (χ0v) is 19.0. The Morgan fingerprint density at radius 1 is 0.861 bits per heavy atom. The molecular formula is C25H23N6O5+. The largest absolute Gasteiger partial charge is 0.480 e. The fourth-order valence-corrected chi connectivity index (χ4v) is 4.19. The van der Waals surface area contributed by atoms with E-state index in [1.54, 1.807) is 24.3 Å². The fourth-order valence-electron chi connectivity index (χ4n) is 4.19. The number of benzene rings is 3. The molecule has 4 aromatic rings. The van der Waals surface area contributed by atoms with Gasteiger partial charge in [0.1, 0.15) is 13.1 Å². The lowest BCUT2D eigenvalue weighted by Gasteiger charge is -2.18. The lowest BCUT2D eigenvalue weighted by atomic mass is 10.1. The number of carbonyl (C=O) groups excluding carboxylic acids is 1. The summed E-state index contributed by atoms with van der Waals surface area (Å²) in [6, 6.07) is 20.3. The molecule has 0 aliphatic heterocycles. The van der Waals surface area contributed by atoms with Crippen LogP contribution in [0.5, 0.6) is 0 Å². The van der Waals surface area contributed by atoms with Gasteiger partial charge in [0.25, 0.3) is 5.91 Å². The minimum absolute atomic E-state index is 0.201. The first-order valence-corrected chi connectivity index (χ1v) is 10.8. The highest BCUT2D eigenvalue weighted by atomic mass is 16.4. The maximum absolute atomic E-state index is 12.7. The third-order valence-corrected chi connectivity index (χ3v) is 5.76. The van der Waals surface area contributed by atoms with Crippen molar-refractivity contribution in [2.24, 2.45) is 16.1 Å². The van der Waals surface area contributed by atoms with Crippen molar-refractivity contribution in [1.29, 1.82) is 0 Å². The molecule has 0 radical (unpaired) electrons. The second-order valence-corrected chi connectivity index (χ2v) is 8.06. The number of aliphatic carboxylic acids is 2. The van der Waals surface area contributed by atoms with E-state index in [0.717, 1.165) is 32.3 Å². The number of hydrogen-bond donors (Lipinski definition) is 4. The summed E-state index contributed by atoms with van der Waals surface area (Å²) in [7, 11) is 0. The van der Waals surface area contributed by atoms with E-state index >= 15 is 0 Å². The van der Waals surface area contributed by atoms with Gasteiger partial charge in [-0.15, -0.1) is 0 Å². The van der Waals surface area contributed by atoms with Crippen LogP contribution >= 0.6 is 0 Å². The number of rotatable bonds is 8. The van der Waals surface area contributed by atoms with Crippen LogP contribution in [0.25, 0.3) is 21.8 Å². The van der Waals surface area contributed by atoms with Crippen molar-refractivity contribution in [2.45, 2.75) is 6.54 Å². The number of fused-ring (bicyclic) bond motifs is 3. The van der Waals surface area contributed by atoms with Gasteiger partial charge in [-0.3, -0.25) is 14.4 Å². The molecule has 0 fully saturated rings. The van der Waals surface area contributed by atoms with Crippen LogP contribution in [-0.2, 0) is 16.1 Å². The van der Waals surface area contributed by atoms with E-state index in [9.17, 15) is 14.4 Å². The minimum atomic E-state index is -1.29. The molecule has 0 aliphatic carbocycles. The summed E-state index contributed by atoms with van der Waals surface area (Å²) in [4.78, 5) is 35.6. The Morgan fingerprint density at radius 3 is 2.08 bits per heavy atom. The van der Waals surface area contributed by atoms with E-state index < -0.39 is 30.9 Å². The number of carboxylic acids is 2. The number of nitrogens with two attached hydrogens (primary N) is 2. The summed E-state index contributed by atoms with van der Waals surface area (Å²) in [5.74, 6) is 2.38. The summed E-state index contributed by atoms with van der Waals surface area (Å²) >= 11 is 0. The van der Waals surface area contributed by atoms with Gasteiger partial charge in [-0.25, -0.2) is 0 Å². The Labute approximate surface area is 204 Å². The average Bonchev–Trinajstić information content (AvgIpc) is 3.17. The van der Waals surface area contributed by atoms with Crippen molar-refractivity contribution < 1.29 is 30.1 Å². The summed E-state index contributed by atoms with van der Waals surface area (Å²) in [5, 5.41) is 27.3. The molecule has 11 heteroatoms. The molecule has 182 valence electrons. The van der Waals surface area contributed by atoms with Crippen LogP contribution in [0.1, 0.15) is 21.5 Å². The molecule has 0 spiro atoms. The summed E-state index contributed by atoms with van der Waals surface area (Å²) in [5.41, 5.74) is 9.14. The Kier molecular flexibility index (Phi) is 6.72. The number of carbonyl (C=O) groups is 3. The number of hydrazone groups is 1. The predicted molar refractivity (Wildman–Crippen MR) is 131 cm³/mol. The fraction of sp³-hybridized carbons (Fsp3) is 0.120. The molecule has 4 rings (SSSR count). The van der Waals surface area contributed by atoms with Crippen LogP contribution in [0.2, 0.25) is 0 Å². The smallest absolute Gasteiger partial charge is 0.323 e. The molecule has 1 heterocycles. The molecule has 36 heavy (non-hydrogen) atoms. The van der Waals surface area contributed by atoms with Gasteiger partial charge in [-0.2, -0.15) is 10.6 Å². The standard InChI is InChI=1S/C25H22N6O5/c26-28-24(29-27)17-9-10-21-19(11-17)18-3-1-2-4-20(18)31(21)12-15-5-7-16(8-6-15)25(36)30(13-22(32)33)14-23(34)35/h1-11,26H,12-14,27H2,(H,32,33)(H,34,35)/p+1/b28-26?,29-24-. The zero-order valence-electron chi connectivity index (χ0n) is 19.0. The number of amidine groups is 1. The highest BCUT2D eigenvalue weighted by Crippen LogP contribution is 2.30. The van der Waals surface area contributed by atoms with Gasteiger partial charge in [0.2, 0.25) is 5.84 Å². The number of nitrogens with zero attached hydrogens (tertiary/aromatic N) is 4. The van der Waals surface area contributed by atoms with Gasteiger partial charge in [0, 0.05) is 44.6 Å². The van der Waals surface area contributed by atoms with Gasteiger partial charge in [-0.1, -0.05) is 30.3 Å². The van der Waals surface area contributed by atoms with Crippen LogP contribution in [0.3, 0.4) is 0 Å².